The monoisotopic (exact) mass is 296 g/mol. The van der Waals surface area contributed by atoms with Crippen LogP contribution in [0.3, 0.4) is 0 Å². The Kier molecular flexibility index (Phi) is 6.51. The second-order valence-electron chi connectivity index (χ2n) is 5.94. The van der Waals surface area contributed by atoms with Crippen LogP contribution in [0.2, 0.25) is 0 Å². The molecule has 2 rings (SSSR count). The van der Waals surface area contributed by atoms with Crippen LogP contribution < -0.4 is 0 Å². The molecule has 2 fully saturated rings. The smallest absolute Gasteiger partial charge is 0.410 e. The maximum absolute atomic E-state index is 12.3. The largest absolute Gasteiger partial charge is 0.445 e. The highest BCUT2D eigenvalue weighted by molar-refractivity contribution is 5.68. The van der Waals surface area contributed by atoms with Crippen LogP contribution in [0.4, 0.5) is 4.79 Å². The van der Waals surface area contributed by atoms with E-state index in [0.717, 1.165) is 32.4 Å². The second-order valence-corrected chi connectivity index (χ2v) is 5.94. The summed E-state index contributed by atoms with van der Waals surface area (Å²) >= 11 is 0. The molecule has 0 unspecified atom stereocenters. The molecule has 0 radical (unpaired) electrons. The van der Waals surface area contributed by atoms with E-state index in [0.29, 0.717) is 12.6 Å². The summed E-state index contributed by atoms with van der Waals surface area (Å²) < 4.78 is 5.25. The Morgan fingerprint density at radius 1 is 1.19 bits per heavy atom. The molecule has 2 aliphatic rings. The number of carbonyl (C=O) groups excluding carboxylic acids is 1. The molecule has 120 valence electrons. The Balaban J connectivity index is 2.05. The summed E-state index contributed by atoms with van der Waals surface area (Å²) in [5.74, 6) is 0. The highest BCUT2D eigenvalue weighted by Crippen LogP contribution is 2.29. The predicted molar refractivity (Wildman–Crippen MR) is 82.2 cm³/mol. The molecule has 2 saturated heterocycles. The highest BCUT2D eigenvalue weighted by Gasteiger charge is 2.37. The molecule has 1 N–H and O–H groups in total. The van der Waals surface area contributed by atoms with Crippen LogP contribution in [0.15, 0.2) is 12.7 Å². The number of piperidine rings is 2. The number of β-amino-alcohol motifs (C(OH)–C–C–N with tert-alkyl or cyclic N) is 1. The number of nitrogens with zero attached hydrogens (tertiary/aromatic N) is 2. The Hall–Kier alpha value is -1.07. The Morgan fingerprint density at radius 2 is 1.90 bits per heavy atom. The van der Waals surface area contributed by atoms with Crippen molar-refractivity contribution >= 4 is 6.09 Å². The summed E-state index contributed by atoms with van der Waals surface area (Å²) in [5, 5.41) is 9.27. The summed E-state index contributed by atoms with van der Waals surface area (Å²) in [6.45, 7) is 6.56. The Bertz CT molecular complexity index is 346. The number of hydrogen-bond donors (Lipinski definition) is 1. The van der Waals surface area contributed by atoms with Gasteiger partial charge in [-0.1, -0.05) is 19.1 Å². The van der Waals surface area contributed by atoms with E-state index >= 15 is 0 Å². The number of hydrogen-bond acceptors (Lipinski definition) is 4. The summed E-state index contributed by atoms with van der Waals surface area (Å²) in [6, 6.07) is 0.588. The molecule has 0 saturated carbocycles. The lowest BCUT2D eigenvalue weighted by Crippen LogP contribution is -2.57. The van der Waals surface area contributed by atoms with Gasteiger partial charge in [-0.25, -0.2) is 4.79 Å². The van der Waals surface area contributed by atoms with Crippen LogP contribution in [-0.2, 0) is 4.74 Å². The second kappa shape index (κ2) is 8.39. The van der Waals surface area contributed by atoms with Gasteiger partial charge in [0.2, 0.25) is 0 Å². The molecule has 0 aliphatic carbocycles. The topological polar surface area (TPSA) is 53.0 Å². The van der Waals surface area contributed by atoms with Crippen LogP contribution in [0, 0.1) is 0 Å². The Labute approximate surface area is 127 Å². The van der Waals surface area contributed by atoms with Gasteiger partial charge in [-0.2, -0.15) is 0 Å². The van der Waals surface area contributed by atoms with Gasteiger partial charge in [-0.05, 0) is 38.6 Å². The fourth-order valence-electron chi connectivity index (χ4n) is 3.66. The van der Waals surface area contributed by atoms with Crippen molar-refractivity contribution in [1.29, 1.82) is 0 Å². The fraction of sp³-hybridized carbons (Fsp3) is 0.812. The quantitative estimate of drug-likeness (QED) is 0.789. The van der Waals surface area contributed by atoms with Gasteiger partial charge in [0.1, 0.15) is 6.61 Å². The molecule has 1 amide bonds. The van der Waals surface area contributed by atoms with E-state index in [2.05, 4.69) is 11.5 Å². The fourth-order valence-corrected chi connectivity index (χ4v) is 3.66. The molecule has 0 spiro atoms. The number of aliphatic hydroxyl groups is 1. The molecular formula is C16H28N2O3. The number of amides is 1. The number of rotatable bonds is 5. The molecule has 21 heavy (non-hydrogen) atoms. The number of aliphatic hydroxyl groups excluding tert-OH is 1. The number of ether oxygens (including phenoxy) is 1. The van der Waals surface area contributed by atoms with Gasteiger partial charge < -0.3 is 14.7 Å². The van der Waals surface area contributed by atoms with E-state index in [9.17, 15) is 9.90 Å². The number of likely N-dealkylation sites (tertiary alicyclic amines) is 2. The van der Waals surface area contributed by atoms with Gasteiger partial charge in [0.25, 0.3) is 0 Å². The van der Waals surface area contributed by atoms with E-state index in [1.807, 2.05) is 4.90 Å². The van der Waals surface area contributed by atoms with Gasteiger partial charge in [0.15, 0.2) is 0 Å². The van der Waals surface area contributed by atoms with Crippen molar-refractivity contribution in [3.8, 4) is 0 Å². The van der Waals surface area contributed by atoms with Crippen molar-refractivity contribution in [2.24, 2.45) is 0 Å². The Morgan fingerprint density at radius 3 is 2.62 bits per heavy atom. The van der Waals surface area contributed by atoms with E-state index in [1.54, 1.807) is 6.08 Å². The SMILES string of the molecule is C=CCOC(=O)N1CCCC[C@@H]1[C@@H]1CCCCN1CCO. The van der Waals surface area contributed by atoms with Gasteiger partial charge in [-0.15, -0.1) is 0 Å². The maximum Gasteiger partial charge on any atom is 0.410 e. The predicted octanol–water partition coefficient (Wildman–Crippen LogP) is 2.01. The van der Waals surface area contributed by atoms with Crippen LogP contribution in [-0.4, -0.2) is 65.9 Å². The van der Waals surface area contributed by atoms with Gasteiger partial charge in [0.05, 0.1) is 12.6 Å². The molecule has 2 heterocycles. The number of carbonyl (C=O) groups is 1. The van der Waals surface area contributed by atoms with Crippen molar-refractivity contribution in [2.45, 2.75) is 50.6 Å². The van der Waals surface area contributed by atoms with E-state index in [-0.39, 0.29) is 25.3 Å². The average Bonchev–Trinajstić information content (AvgIpc) is 2.53. The minimum Gasteiger partial charge on any atom is -0.445 e. The molecule has 0 aromatic heterocycles. The third-order valence-corrected chi connectivity index (χ3v) is 4.60. The van der Waals surface area contributed by atoms with Crippen LogP contribution in [0.25, 0.3) is 0 Å². The lowest BCUT2D eigenvalue weighted by atomic mass is 9.89. The van der Waals surface area contributed by atoms with Crippen LogP contribution in [0.1, 0.15) is 38.5 Å². The van der Waals surface area contributed by atoms with Crippen LogP contribution >= 0.6 is 0 Å². The van der Waals surface area contributed by atoms with Crippen molar-refractivity contribution < 1.29 is 14.6 Å². The summed E-state index contributed by atoms with van der Waals surface area (Å²) in [4.78, 5) is 16.5. The first-order chi connectivity index (χ1) is 10.3. The van der Waals surface area contributed by atoms with Crippen LogP contribution in [0.5, 0.6) is 0 Å². The first-order valence-electron chi connectivity index (χ1n) is 8.17. The molecule has 5 nitrogen and oxygen atoms in total. The average molecular weight is 296 g/mol. The molecule has 0 aromatic rings. The van der Waals surface area contributed by atoms with Crippen molar-refractivity contribution in [3.63, 3.8) is 0 Å². The third-order valence-electron chi connectivity index (χ3n) is 4.60. The van der Waals surface area contributed by atoms with E-state index in [1.165, 1.54) is 19.3 Å². The standard InChI is InChI=1S/C16H28N2O3/c1-2-13-21-16(20)18-10-6-4-8-15(18)14-7-3-5-9-17(14)11-12-19/h2,14-15,19H,1,3-13H2/t14-,15+/m0/s1. The van der Waals surface area contributed by atoms with Crippen molar-refractivity contribution in [3.05, 3.63) is 12.7 Å². The lowest BCUT2D eigenvalue weighted by molar-refractivity contribution is 0.0184. The van der Waals surface area contributed by atoms with E-state index in [4.69, 9.17) is 4.74 Å². The molecular weight excluding hydrogens is 268 g/mol. The first kappa shape index (κ1) is 16.3. The van der Waals surface area contributed by atoms with Crippen molar-refractivity contribution in [2.75, 3.05) is 32.8 Å². The maximum atomic E-state index is 12.3. The minimum atomic E-state index is -0.214. The summed E-state index contributed by atoms with van der Waals surface area (Å²) in [7, 11) is 0. The molecule has 2 atom stereocenters. The molecule has 0 aromatic carbocycles. The third kappa shape index (κ3) is 4.20. The molecule has 5 heteroatoms. The lowest BCUT2D eigenvalue weighted by Gasteiger charge is -2.46. The first-order valence-corrected chi connectivity index (χ1v) is 8.17. The molecule has 0 bridgehead atoms. The molecule has 2 aliphatic heterocycles. The van der Waals surface area contributed by atoms with Gasteiger partial charge >= 0.3 is 6.09 Å². The summed E-state index contributed by atoms with van der Waals surface area (Å²) in [6.07, 6.45) is 8.14. The minimum absolute atomic E-state index is 0.185. The summed E-state index contributed by atoms with van der Waals surface area (Å²) in [5.41, 5.74) is 0. The van der Waals surface area contributed by atoms with E-state index < -0.39 is 0 Å². The van der Waals surface area contributed by atoms with Gasteiger partial charge in [-0.3, -0.25) is 4.90 Å². The highest BCUT2D eigenvalue weighted by atomic mass is 16.6. The van der Waals surface area contributed by atoms with Crippen molar-refractivity contribution in [1.82, 2.24) is 9.80 Å². The zero-order valence-electron chi connectivity index (χ0n) is 12.9. The normalized spacial score (nSPS) is 27.4. The van der Waals surface area contributed by atoms with Gasteiger partial charge in [0, 0.05) is 19.1 Å². The zero-order chi connectivity index (χ0) is 15.1. The zero-order valence-corrected chi connectivity index (χ0v) is 12.9.